The van der Waals surface area contributed by atoms with Gasteiger partial charge in [0, 0.05) is 18.2 Å². The van der Waals surface area contributed by atoms with E-state index < -0.39 is 0 Å². The second-order valence-electron chi connectivity index (χ2n) is 2.95. The molecule has 0 aliphatic carbocycles. The van der Waals surface area contributed by atoms with Crippen molar-refractivity contribution in [2.75, 3.05) is 6.54 Å². The van der Waals surface area contributed by atoms with Crippen LogP contribution in [-0.4, -0.2) is 17.4 Å². The Morgan fingerprint density at radius 2 is 2.07 bits per heavy atom. The van der Waals surface area contributed by atoms with E-state index in [4.69, 9.17) is 6.42 Å². The van der Waals surface area contributed by atoms with Crippen molar-refractivity contribution in [1.29, 1.82) is 0 Å². The van der Waals surface area contributed by atoms with Gasteiger partial charge in [-0.15, -0.1) is 0 Å². The van der Waals surface area contributed by atoms with Crippen molar-refractivity contribution in [2.24, 2.45) is 0 Å². The summed E-state index contributed by atoms with van der Waals surface area (Å²) in [4.78, 5) is 13.1. The summed E-state index contributed by atoms with van der Waals surface area (Å²) in [6.07, 6.45) is 6.12. The highest BCUT2D eigenvalue weighted by Crippen LogP contribution is 2.04. The molecule has 2 heteroatoms. The zero-order valence-electron chi connectivity index (χ0n) is 8.23. The van der Waals surface area contributed by atoms with Crippen LogP contribution >= 0.6 is 0 Å². The van der Waals surface area contributed by atoms with Crippen LogP contribution in [0.1, 0.15) is 23.7 Å². The second kappa shape index (κ2) is 5.08. The van der Waals surface area contributed by atoms with E-state index in [9.17, 15) is 4.79 Å². The number of rotatable bonds is 3. The number of nitrogens with zero attached hydrogens (tertiary/aromatic N) is 1. The summed E-state index contributed by atoms with van der Waals surface area (Å²) in [7, 11) is 0. The Labute approximate surface area is 84.5 Å². The minimum absolute atomic E-state index is 0.102. The van der Waals surface area contributed by atoms with Gasteiger partial charge in [-0.25, -0.2) is 0 Å². The Morgan fingerprint density at radius 1 is 1.43 bits per heavy atom. The molecule has 0 radical (unpaired) electrons. The SMILES string of the molecule is C#CN(CCC)C(=O)c1ccccc1. The van der Waals surface area contributed by atoms with Crippen molar-refractivity contribution < 1.29 is 4.79 Å². The van der Waals surface area contributed by atoms with Crippen LogP contribution in [0, 0.1) is 12.5 Å². The second-order valence-corrected chi connectivity index (χ2v) is 2.95. The van der Waals surface area contributed by atoms with Gasteiger partial charge in [0.1, 0.15) is 0 Å². The number of hydrogen-bond donors (Lipinski definition) is 0. The van der Waals surface area contributed by atoms with Crippen LogP contribution in [0.4, 0.5) is 0 Å². The molecule has 0 heterocycles. The van der Waals surface area contributed by atoms with Crippen molar-refractivity contribution in [3.63, 3.8) is 0 Å². The minimum Gasteiger partial charge on any atom is -0.268 e. The number of amides is 1. The van der Waals surface area contributed by atoms with Crippen molar-refractivity contribution in [2.45, 2.75) is 13.3 Å². The summed E-state index contributed by atoms with van der Waals surface area (Å²) in [6, 6.07) is 11.4. The molecule has 0 atom stereocenters. The number of benzene rings is 1. The Kier molecular flexibility index (Phi) is 3.75. The fraction of sp³-hybridized carbons (Fsp3) is 0.250. The quantitative estimate of drug-likeness (QED) is 0.524. The lowest BCUT2D eigenvalue weighted by Gasteiger charge is -2.13. The predicted molar refractivity (Wildman–Crippen MR) is 56.6 cm³/mol. The molecule has 0 saturated carbocycles. The molecule has 2 nitrogen and oxygen atoms in total. The standard InChI is InChI=1S/C12H13NO/c1-3-10-13(4-2)12(14)11-8-6-5-7-9-11/h2,5-9H,3,10H2,1H3. The lowest BCUT2D eigenvalue weighted by molar-refractivity contribution is 0.0835. The lowest BCUT2D eigenvalue weighted by Crippen LogP contribution is -2.26. The molecule has 0 N–H and O–H groups in total. The van der Waals surface area contributed by atoms with E-state index in [0.717, 1.165) is 6.42 Å². The van der Waals surface area contributed by atoms with Crippen LogP contribution < -0.4 is 0 Å². The van der Waals surface area contributed by atoms with Crippen molar-refractivity contribution in [1.82, 2.24) is 4.90 Å². The fourth-order valence-corrected chi connectivity index (χ4v) is 1.18. The Morgan fingerprint density at radius 3 is 2.57 bits per heavy atom. The largest absolute Gasteiger partial charge is 0.268 e. The van der Waals surface area contributed by atoms with E-state index in [1.54, 1.807) is 12.1 Å². The van der Waals surface area contributed by atoms with Gasteiger partial charge in [-0.3, -0.25) is 9.69 Å². The van der Waals surface area contributed by atoms with E-state index in [1.165, 1.54) is 4.90 Å². The molecular weight excluding hydrogens is 174 g/mol. The highest BCUT2D eigenvalue weighted by atomic mass is 16.2. The first-order chi connectivity index (χ1) is 6.79. The normalized spacial score (nSPS) is 9.14. The van der Waals surface area contributed by atoms with Crippen molar-refractivity contribution in [3.05, 3.63) is 35.9 Å². The van der Waals surface area contributed by atoms with Crippen LogP contribution in [0.5, 0.6) is 0 Å². The average molecular weight is 187 g/mol. The van der Waals surface area contributed by atoms with Crippen LogP contribution in [0.15, 0.2) is 30.3 Å². The molecular formula is C12H13NO. The molecule has 0 fully saturated rings. The summed E-state index contributed by atoms with van der Waals surface area (Å²) >= 11 is 0. The molecule has 14 heavy (non-hydrogen) atoms. The maximum atomic E-state index is 11.7. The first-order valence-electron chi connectivity index (χ1n) is 4.62. The zero-order chi connectivity index (χ0) is 10.4. The molecule has 0 saturated heterocycles. The molecule has 1 amide bonds. The molecule has 0 aliphatic heterocycles. The summed E-state index contributed by atoms with van der Waals surface area (Å²) < 4.78 is 0. The van der Waals surface area contributed by atoms with E-state index in [0.29, 0.717) is 12.1 Å². The topological polar surface area (TPSA) is 20.3 Å². The van der Waals surface area contributed by atoms with Crippen LogP contribution in [0.2, 0.25) is 0 Å². The molecule has 0 aliphatic rings. The van der Waals surface area contributed by atoms with Gasteiger partial charge in [-0.2, -0.15) is 0 Å². The van der Waals surface area contributed by atoms with Crippen molar-refractivity contribution in [3.8, 4) is 12.5 Å². The monoisotopic (exact) mass is 187 g/mol. The third-order valence-electron chi connectivity index (χ3n) is 1.87. The summed E-state index contributed by atoms with van der Waals surface area (Å²) in [5, 5.41) is 0. The molecule has 1 aromatic rings. The maximum absolute atomic E-state index is 11.7. The van der Waals surface area contributed by atoms with Gasteiger partial charge >= 0.3 is 0 Å². The number of hydrogen-bond acceptors (Lipinski definition) is 1. The highest BCUT2D eigenvalue weighted by Gasteiger charge is 2.11. The third kappa shape index (κ3) is 2.37. The molecule has 1 aromatic carbocycles. The summed E-state index contributed by atoms with van der Waals surface area (Å²) in [5.41, 5.74) is 0.638. The van der Waals surface area contributed by atoms with Gasteiger partial charge in [0.25, 0.3) is 5.91 Å². The first-order valence-corrected chi connectivity index (χ1v) is 4.62. The molecule has 0 unspecified atom stereocenters. The molecule has 0 bridgehead atoms. The number of carbonyl (C=O) groups is 1. The molecule has 0 aromatic heterocycles. The van der Waals surface area contributed by atoms with Gasteiger partial charge in [0.2, 0.25) is 0 Å². The lowest BCUT2D eigenvalue weighted by atomic mass is 10.2. The van der Waals surface area contributed by atoms with Gasteiger partial charge in [-0.05, 0) is 18.6 Å². The molecule has 1 rings (SSSR count). The van der Waals surface area contributed by atoms with Gasteiger partial charge in [-0.1, -0.05) is 31.5 Å². The first kappa shape index (κ1) is 10.3. The van der Waals surface area contributed by atoms with E-state index in [1.807, 2.05) is 25.1 Å². The predicted octanol–water partition coefficient (Wildman–Crippen LogP) is 2.13. The Bertz CT molecular complexity index is 337. The molecule has 0 spiro atoms. The molecule has 72 valence electrons. The maximum Gasteiger partial charge on any atom is 0.265 e. The third-order valence-corrected chi connectivity index (χ3v) is 1.87. The summed E-state index contributed by atoms with van der Waals surface area (Å²) in [6.45, 7) is 2.59. The van der Waals surface area contributed by atoms with Gasteiger partial charge in [0.15, 0.2) is 0 Å². The fourth-order valence-electron chi connectivity index (χ4n) is 1.18. The van der Waals surface area contributed by atoms with Crippen LogP contribution in [-0.2, 0) is 0 Å². The number of terminal acetylenes is 1. The van der Waals surface area contributed by atoms with Gasteiger partial charge in [0.05, 0.1) is 0 Å². The average Bonchev–Trinajstić information content (AvgIpc) is 2.26. The van der Waals surface area contributed by atoms with E-state index in [-0.39, 0.29) is 5.91 Å². The van der Waals surface area contributed by atoms with Crippen LogP contribution in [0.3, 0.4) is 0 Å². The van der Waals surface area contributed by atoms with Crippen molar-refractivity contribution >= 4 is 5.91 Å². The smallest absolute Gasteiger partial charge is 0.265 e. The van der Waals surface area contributed by atoms with Gasteiger partial charge < -0.3 is 0 Å². The number of carbonyl (C=O) groups excluding carboxylic acids is 1. The van der Waals surface area contributed by atoms with Crippen LogP contribution in [0.25, 0.3) is 0 Å². The minimum atomic E-state index is -0.102. The Balaban J connectivity index is 2.80. The highest BCUT2D eigenvalue weighted by molar-refractivity contribution is 5.95. The van der Waals surface area contributed by atoms with E-state index in [2.05, 4.69) is 6.04 Å². The van der Waals surface area contributed by atoms with E-state index >= 15 is 0 Å². The zero-order valence-corrected chi connectivity index (χ0v) is 8.23. The Hall–Kier alpha value is -1.75. The summed E-state index contributed by atoms with van der Waals surface area (Å²) in [5.74, 6) is -0.102.